The molecule has 1 saturated heterocycles. The molecule has 1 heterocycles. The smallest absolute Gasteiger partial charge is 0.242 e. The largest absolute Gasteiger partial charge is 0.284 e. The molecule has 27 heavy (non-hydrogen) atoms. The van der Waals surface area contributed by atoms with E-state index in [-0.39, 0.29) is 11.2 Å². The molecule has 6 heteroatoms. The summed E-state index contributed by atoms with van der Waals surface area (Å²) in [4.78, 5) is 14.6. The molecule has 0 aliphatic carbocycles. The number of carbonyl (C=O) groups excluding carboxylic acids is 1. The van der Waals surface area contributed by atoms with E-state index in [4.69, 9.17) is 11.6 Å². The third kappa shape index (κ3) is 5.44. The lowest BCUT2D eigenvalue weighted by Crippen LogP contribution is -2.31. The van der Waals surface area contributed by atoms with E-state index in [0.717, 1.165) is 30.4 Å². The molecular weight excluding hydrogens is 378 g/mol. The Bertz CT molecular complexity index is 821. The lowest BCUT2D eigenvalue weighted by atomic mass is 10.1. The van der Waals surface area contributed by atoms with E-state index < -0.39 is 0 Å². The molecule has 0 N–H and O–H groups in total. The summed E-state index contributed by atoms with van der Waals surface area (Å²) in [5, 5.41) is 9.82. The Morgan fingerprint density at radius 3 is 2.59 bits per heavy atom. The quantitative estimate of drug-likeness (QED) is 0.464. The third-order valence-electron chi connectivity index (χ3n) is 4.24. The molecule has 1 fully saturated rings. The van der Waals surface area contributed by atoms with E-state index in [1.807, 2.05) is 54.6 Å². The number of halogens is 1. The third-order valence-corrected chi connectivity index (χ3v) is 5.73. The summed E-state index contributed by atoms with van der Waals surface area (Å²) in [7, 11) is 0. The maximum Gasteiger partial charge on any atom is 0.242 e. The highest BCUT2D eigenvalue weighted by Gasteiger charge is 2.37. The van der Waals surface area contributed by atoms with Gasteiger partial charge in [0.05, 0.1) is 18.0 Å². The second-order valence-electron chi connectivity index (χ2n) is 6.34. The molecular formula is C21H22ClN3OS. The maximum atomic E-state index is 12.9. The van der Waals surface area contributed by atoms with Crippen molar-refractivity contribution in [1.29, 1.82) is 0 Å². The van der Waals surface area contributed by atoms with E-state index in [9.17, 15) is 4.79 Å². The number of hydrogen-bond acceptors (Lipinski definition) is 4. The van der Waals surface area contributed by atoms with Gasteiger partial charge in [0.2, 0.25) is 5.91 Å². The number of hydrogen-bond donors (Lipinski definition) is 0. The van der Waals surface area contributed by atoms with Crippen LogP contribution in [0.4, 0.5) is 0 Å². The molecule has 0 radical (unpaired) electrons. The van der Waals surface area contributed by atoms with Crippen LogP contribution < -0.4 is 0 Å². The molecule has 0 bridgehead atoms. The van der Waals surface area contributed by atoms with Crippen molar-refractivity contribution in [3.63, 3.8) is 0 Å². The number of unbranched alkanes of at least 4 members (excludes halogenated alkanes) is 1. The molecule has 2 aromatic rings. The van der Waals surface area contributed by atoms with Gasteiger partial charge >= 0.3 is 0 Å². The zero-order valence-electron chi connectivity index (χ0n) is 15.2. The van der Waals surface area contributed by atoms with Gasteiger partial charge in [-0.25, -0.2) is 0 Å². The molecule has 0 spiro atoms. The number of benzene rings is 2. The minimum atomic E-state index is -0.0712. The summed E-state index contributed by atoms with van der Waals surface area (Å²) in [6.07, 6.45) is 4.65. The van der Waals surface area contributed by atoms with Crippen LogP contribution in [0.15, 0.2) is 64.8 Å². The highest BCUT2D eigenvalue weighted by molar-refractivity contribution is 8.15. The first-order valence-electron chi connectivity index (χ1n) is 9.06. The predicted octanol–water partition coefficient (Wildman–Crippen LogP) is 5.36. The number of amidine groups is 1. The lowest BCUT2D eigenvalue weighted by molar-refractivity contribution is -0.126. The molecule has 0 aromatic heterocycles. The average Bonchev–Trinajstić information content (AvgIpc) is 2.98. The van der Waals surface area contributed by atoms with Crippen molar-refractivity contribution in [3.05, 3.63) is 70.7 Å². The Morgan fingerprint density at radius 2 is 1.89 bits per heavy atom. The van der Waals surface area contributed by atoms with Crippen molar-refractivity contribution in [2.75, 3.05) is 0 Å². The molecule has 2 aromatic carbocycles. The first kappa shape index (κ1) is 19.6. The molecule has 1 aliphatic rings. The van der Waals surface area contributed by atoms with Crippen LogP contribution in [0.5, 0.6) is 0 Å². The number of carbonyl (C=O) groups is 1. The van der Waals surface area contributed by atoms with Crippen molar-refractivity contribution in [1.82, 2.24) is 4.90 Å². The molecule has 1 amide bonds. The van der Waals surface area contributed by atoms with Crippen LogP contribution in [0.25, 0.3) is 0 Å². The highest BCUT2D eigenvalue weighted by Crippen LogP contribution is 2.32. The van der Waals surface area contributed by atoms with Gasteiger partial charge in [-0.3, -0.25) is 9.69 Å². The van der Waals surface area contributed by atoms with Crippen molar-refractivity contribution in [2.45, 2.75) is 38.0 Å². The predicted molar refractivity (Wildman–Crippen MR) is 114 cm³/mol. The van der Waals surface area contributed by atoms with Crippen molar-refractivity contribution in [3.8, 4) is 0 Å². The fraction of sp³-hybridized carbons (Fsp3) is 0.286. The van der Waals surface area contributed by atoms with Crippen LogP contribution in [0, 0.1) is 0 Å². The van der Waals surface area contributed by atoms with Gasteiger partial charge in [-0.15, -0.1) is 5.10 Å². The molecule has 1 aliphatic heterocycles. The van der Waals surface area contributed by atoms with Gasteiger partial charge in [-0.2, -0.15) is 5.10 Å². The summed E-state index contributed by atoms with van der Waals surface area (Å²) >= 11 is 7.41. The van der Waals surface area contributed by atoms with Gasteiger partial charge in [0.15, 0.2) is 5.17 Å². The molecule has 1 atom stereocenters. The van der Waals surface area contributed by atoms with Crippen LogP contribution in [0.3, 0.4) is 0 Å². The van der Waals surface area contributed by atoms with Crippen LogP contribution >= 0.6 is 23.4 Å². The summed E-state index contributed by atoms with van der Waals surface area (Å²) in [6.45, 7) is 2.65. The SMILES string of the molecule is CCCCC1S/C(=N\N=C\c2ccc(Cl)cc2)N(Cc2ccccc2)C1=O. The van der Waals surface area contributed by atoms with Crippen LogP contribution in [-0.4, -0.2) is 27.4 Å². The van der Waals surface area contributed by atoms with Crippen molar-refractivity contribution in [2.24, 2.45) is 10.2 Å². The number of rotatable bonds is 7. The van der Waals surface area contributed by atoms with Crippen LogP contribution in [0.2, 0.25) is 5.02 Å². The second-order valence-corrected chi connectivity index (χ2v) is 7.94. The molecule has 140 valence electrons. The maximum absolute atomic E-state index is 12.9. The molecule has 1 unspecified atom stereocenters. The van der Waals surface area contributed by atoms with Crippen LogP contribution in [-0.2, 0) is 11.3 Å². The standard InChI is InChI=1S/C21H22ClN3OS/c1-2-3-9-19-20(26)25(15-17-7-5-4-6-8-17)21(27-19)24-23-14-16-10-12-18(22)13-11-16/h4-8,10-14,19H,2-3,9,15H2,1H3/b23-14+,24-21-. The number of nitrogens with zero attached hydrogens (tertiary/aromatic N) is 3. The first-order valence-corrected chi connectivity index (χ1v) is 10.3. The Labute approximate surface area is 169 Å². The van der Waals surface area contributed by atoms with Crippen molar-refractivity contribution >= 4 is 40.7 Å². The van der Waals surface area contributed by atoms with Gasteiger partial charge in [0.1, 0.15) is 0 Å². The number of amides is 1. The van der Waals surface area contributed by atoms with E-state index in [1.165, 1.54) is 11.8 Å². The highest BCUT2D eigenvalue weighted by atomic mass is 35.5. The Kier molecular flexibility index (Phi) is 7.07. The van der Waals surface area contributed by atoms with Gasteiger partial charge in [0, 0.05) is 5.02 Å². The average molecular weight is 400 g/mol. The van der Waals surface area contributed by atoms with Gasteiger partial charge in [0.25, 0.3) is 0 Å². The fourth-order valence-electron chi connectivity index (χ4n) is 2.76. The lowest BCUT2D eigenvalue weighted by Gasteiger charge is -2.15. The minimum Gasteiger partial charge on any atom is -0.284 e. The second kappa shape index (κ2) is 9.72. The van der Waals surface area contributed by atoms with Gasteiger partial charge in [-0.05, 0) is 29.7 Å². The van der Waals surface area contributed by atoms with Crippen molar-refractivity contribution < 1.29 is 4.79 Å². The van der Waals surface area contributed by atoms with E-state index in [0.29, 0.717) is 16.7 Å². The summed E-state index contributed by atoms with van der Waals surface area (Å²) in [6, 6.07) is 17.4. The zero-order chi connectivity index (χ0) is 19.1. The summed E-state index contributed by atoms with van der Waals surface area (Å²) in [5.41, 5.74) is 1.99. The normalized spacial score (nSPS) is 18.7. The summed E-state index contributed by atoms with van der Waals surface area (Å²) < 4.78 is 0. The summed E-state index contributed by atoms with van der Waals surface area (Å²) in [5.74, 6) is 0.123. The Balaban J connectivity index is 1.77. The fourth-order valence-corrected chi connectivity index (χ4v) is 4.03. The zero-order valence-corrected chi connectivity index (χ0v) is 16.8. The Hall–Kier alpha value is -2.11. The minimum absolute atomic E-state index is 0.0712. The van der Waals surface area contributed by atoms with Gasteiger partial charge < -0.3 is 0 Å². The topological polar surface area (TPSA) is 45.0 Å². The Morgan fingerprint density at radius 1 is 1.15 bits per heavy atom. The number of thioether (sulfide) groups is 1. The van der Waals surface area contributed by atoms with E-state index >= 15 is 0 Å². The van der Waals surface area contributed by atoms with E-state index in [2.05, 4.69) is 17.1 Å². The molecule has 0 saturated carbocycles. The molecule has 4 nitrogen and oxygen atoms in total. The van der Waals surface area contributed by atoms with E-state index in [1.54, 1.807) is 11.1 Å². The van der Waals surface area contributed by atoms with Crippen LogP contribution in [0.1, 0.15) is 37.3 Å². The monoisotopic (exact) mass is 399 g/mol. The van der Waals surface area contributed by atoms with Gasteiger partial charge in [-0.1, -0.05) is 85.6 Å². The first-order chi connectivity index (χ1) is 13.2. The molecule has 3 rings (SSSR count).